The molecule has 0 unspecified atom stereocenters. The Labute approximate surface area is 135 Å². The maximum Gasteiger partial charge on any atom is 0.147 e. The van der Waals surface area contributed by atoms with E-state index in [4.69, 9.17) is 0 Å². The molecule has 0 saturated carbocycles. The summed E-state index contributed by atoms with van der Waals surface area (Å²) in [7, 11) is 0. The fraction of sp³-hybridized carbons (Fsp3) is 0.211. The van der Waals surface area contributed by atoms with Gasteiger partial charge in [-0.15, -0.1) is 0 Å². The van der Waals surface area contributed by atoms with Crippen LogP contribution in [0.4, 0.5) is 5.69 Å². The SMILES string of the molecule is Cc1cc(C)c2c(c1)-c1cc(C)nn1[C@@H](c1ccc(O)cc1)N2. The van der Waals surface area contributed by atoms with Crippen LogP contribution < -0.4 is 5.32 Å². The van der Waals surface area contributed by atoms with Crippen molar-refractivity contribution in [2.75, 3.05) is 5.32 Å². The molecule has 1 aliphatic rings. The molecule has 2 aromatic carbocycles. The van der Waals surface area contributed by atoms with Gasteiger partial charge in [-0.3, -0.25) is 0 Å². The monoisotopic (exact) mass is 305 g/mol. The van der Waals surface area contributed by atoms with Gasteiger partial charge < -0.3 is 10.4 Å². The van der Waals surface area contributed by atoms with Crippen molar-refractivity contribution in [2.24, 2.45) is 0 Å². The van der Waals surface area contributed by atoms with Gasteiger partial charge in [0.2, 0.25) is 0 Å². The second kappa shape index (κ2) is 4.88. The highest BCUT2D eigenvalue weighted by atomic mass is 16.3. The highest BCUT2D eigenvalue weighted by Gasteiger charge is 2.27. The van der Waals surface area contributed by atoms with E-state index in [-0.39, 0.29) is 11.9 Å². The van der Waals surface area contributed by atoms with Gasteiger partial charge in [0.15, 0.2) is 0 Å². The lowest BCUT2D eigenvalue weighted by molar-refractivity contribution is 0.474. The molecule has 23 heavy (non-hydrogen) atoms. The van der Waals surface area contributed by atoms with Gasteiger partial charge >= 0.3 is 0 Å². The van der Waals surface area contributed by atoms with Gasteiger partial charge in [0.1, 0.15) is 11.9 Å². The number of nitrogens with one attached hydrogen (secondary N) is 1. The Hall–Kier alpha value is -2.75. The summed E-state index contributed by atoms with van der Waals surface area (Å²) in [5, 5.41) is 17.8. The van der Waals surface area contributed by atoms with Gasteiger partial charge in [0, 0.05) is 11.3 Å². The highest BCUT2D eigenvalue weighted by molar-refractivity contribution is 5.81. The molecule has 0 aliphatic carbocycles. The second-order valence-corrected chi connectivity index (χ2v) is 6.26. The number of aryl methyl sites for hydroxylation is 3. The minimum atomic E-state index is -0.0757. The lowest BCUT2D eigenvalue weighted by Crippen LogP contribution is -2.26. The van der Waals surface area contributed by atoms with Crippen LogP contribution in [0.1, 0.15) is 28.6 Å². The van der Waals surface area contributed by atoms with Crippen molar-refractivity contribution in [3.8, 4) is 17.0 Å². The van der Waals surface area contributed by atoms with E-state index >= 15 is 0 Å². The van der Waals surface area contributed by atoms with Gasteiger partial charge in [-0.05, 0) is 56.2 Å². The lowest BCUT2D eigenvalue weighted by Gasteiger charge is -2.30. The summed E-state index contributed by atoms with van der Waals surface area (Å²) < 4.78 is 2.03. The fourth-order valence-corrected chi connectivity index (χ4v) is 3.35. The molecule has 116 valence electrons. The van der Waals surface area contributed by atoms with Gasteiger partial charge in [0.25, 0.3) is 0 Å². The Morgan fingerprint density at radius 2 is 1.78 bits per heavy atom. The largest absolute Gasteiger partial charge is 0.508 e. The third kappa shape index (κ3) is 2.18. The first-order chi connectivity index (χ1) is 11.0. The maximum atomic E-state index is 9.54. The number of hydrogen-bond acceptors (Lipinski definition) is 3. The van der Waals surface area contributed by atoms with E-state index < -0.39 is 0 Å². The average molecular weight is 305 g/mol. The van der Waals surface area contributed by atoms with Crippen LogP contribution in [0.15, 0.2) is 42.5 Å². The minimum absolute atomic E-state index is 0.0757. The Morgan fingerprint density at radius 1 is 1.04 bits per heavy atom. The Balaban J connectivity index is 1.93. The highest BCUT2D eigenvalue weighted by Crippen LogP contribution is 2.41. The van der Waals surface area contributed by atoms with Crippen LogP contribution in [-0.4, -0.2) is 14.9 Å². The molecule has 4 heteroatoms. The number of hydrogen-bond donors (Lipinski definition) is 2. The van der Waals surface area contributed by atoms with Crippen molar-refractivity contribution in [1.29, 1.82) is 0 Å². The van der Waals surface area contributed by atoms with Crippen molar-refractivity contribution >= 4 is 5.69 Å². The molecular weight excluding hydrogens is 286 g/mol. The number of aromatic hydroxyl groups is 1. The third-order valence-corrected chi connectivity index (χ3v) is 4.35. The van der Waals surface area contributed by atoms with E-state index in [1.54, 1.807) is 12.1 Å². The molecule has 0 bridgehead atoms. The van der Waals surface area contributed by atoms with E-state index in [1.807, 2.05) is 23.7 Å². The van der Waals surface area contributed by atoms with Gasteiger partial charge in [0.05, 0.1) is 11.4 Å². The van der Waals surface area contributed by atoms with Crippen LogP contribution in [0.5, 0.6) is 5.75 Å². The zero-order valence-corrected chi connectivity index (χ0v) is 13.5. The van der Waals surface area contributed by atoms with Crippen LogP contribution in [0.2, 0.25) is 0 Å². The smallest absolute Gasteiger partial charge is 0.147 e. The molecule has 0 saturated heterocycles. The van der Waals surface area contributed by atoms with E-state index in [0.29, 0.717) is 0 Å². The van der Waals surface area contributed by atoms with Crippen LogP contribution in [-0.2, 0) is 0 Å². The quantitative estimate of drug-likeness (QED) is 0.710. The first-order valence-corrected chi connectivity index (χ1v) is 7.76. The van der Waals surface area contributed by atoms with Crippen molar-refractivity contribution in [3.05, 3.63) is 64.8 Å². The first kappa shape index (κ1) is 13.9. The Kier molecular flexibility index (Phi) is 2.94. The number of nitrogens with zero attached hydrogens (tertiary/aromatic N) is 2. The normalized spacial score (nSPS) is 15.7. The molecule has 0 radical (unpaired) electrons. The van der Waals surface area contributed by atoms with Crippen molar-refractivity contribution in [3.63, 3.8) is 0 Å². The molecule has 1 aliphatic heterocycles. The van der Waals surface area contributed by atoms with E-state index in [2.05, 4.69) is 42.5 Å². The molecule has 0 amide bonds. The number of anilines is 1. The van der Waals surface area contributed by atoms with Gasteiger partial charge in [-0.1, -0.05) is 23.8 Å². The summed E-state index contributed by atoms with van der Waals surface area (Å²) in [5.41, 5.74) is 8.01. The zero-order chi connectivity index (χ0) is 16.1. The van der Waals surface area contributed by atoms with E-state index in [0.717, 1.165) is 22.6 Å². The number of phenols is 1. The molecule has 2 heterocycles. The van der Waals surface area contributed by atoms with Crippen LogP contribution >= 0.6 is 0 Å². The summed E-state index contributed by atoms with van der Waals surface area (Å²) in [6, 6.07) is 13.8. The van der Waals surface area contributed by atoms with Gasteiger partial charge in [-0.25, -0.2) is 4.68 Å². The molecular formula is C19H19N3O. The van der Waals surface area contributed by atoms with Crippen molar-refractivity contribution < 1.29 is 5.11 Å². The van der Waals surface area contributed by atoms with Crippen molar-refractivity contribution in [1.82, 2.24) is 9.78 Å². The predicted octanol–water partition coefficient (Wildman–Crippen LogP) is 4.15. The summed E-state index contributed by atoms with van der Waals surface area (Å²) in [5.74, 6) is 0.272. The van der Waals surface area contributed by atoms with E-state index in [9.17, 15) is 5.11 Å². The number of aromatic nitrogens is 2. The number of rotatable bonds is 1. The summed E-state index contributed by atoms with van der Waals surface area (Å²) in [6.45, 7) is 6.26. The van der Waals surface area contributed by atoms with Crippen LogP contribution in [0.3, 0.4) is 0 Å². The topological polar surface area (TPSA) is 50.1 Å². The Bertz CT molecular complexity index is 894. The fourth-order valence-electron chi connectivity index (χ4n) is 3.35. The first-order valence-electron chi connectivity index (χ1n) is 7.76. The summed E-state index contributed by atoms with van der Waals surface area (Å²) in [4.78, 5) is 0. The predicted molar refractivity (Wildman–Crippen MR) is 91.7 cm³/mol. The molecule has 4 nitrogen and oxygen atoms in total. The molecule has 0 fully saturated rings. The lowest BCUT2D eigenvalue weighted by atomic mass is 9.98. The molecule has 0 spiro atoms. The zero-order valence-electron chi connectivity index (χ0n) is 13.5. The van der Waals surface area contributed by atoms with Crippen LogP contribution in [0, 0.1) is 20.8 Å². The molecule has 1 atom stereocenters. The molecule has 4 rings (SSSR count). The Morgan fingerprint density at radius 3 is 2.52 bits per heavy atom. The third-order valence-electron chi connectivity index (χ3n) is 4.35. The maximum absolute atomic E-state index is 9.54. The average Bonchev–Trinajstić information content (AvgIpc) is 2.89. The van der Waals surface area contributed by atoms with Crippen molar-refractivity contribution in [2.45, 2.75) is 26.9 Å². The molecule has 2 N–H and O–H groups in total. The summed E-state index contributed by atoms with van der Waals surface area (Å²) >= 11 is 0. The molecule has 1 aromatic heterocycles. The second-order valence-electron chi connectivity index (χ2n) is 6.26. The number of fused-ring (bicyclic) bond motifs is 3. The van der Waals surface area contributed by atoms with Crippen LogP contribution in [0.25, 0.3) is 11.3 Å². The number of phenolic OH excluding ortho intramolecular Hbond substituents is 1. The molecule has 3 aromatic rings. The minimum Gasteiger partial charge on any atom is -0.508 e. The summed E-state index contributed by atoms with van der Waals surface area (Å²) in [6.07, 6.45) is -0.0757. The number of benzene rings is 2. The van der Waals surface area contributed by atoms with Gasteiger partial charge in [-0.2, -0.15) is 5.10 Å². The van der Waals surface area contributed by atoms with E-state index in [1.165, 1.54) is 16.7 Å². The standard InChI is InChI=1S/C19H19N3O/c1-11-8-12(2)18-16(9-11)17-10-13(3)21-22(17)19(20-18)14-4-6-15(23)7-5-14/h4-10,19-20,23H,1-3H3/t19-/m0/s1.